The molecule has 18 heavy (non-hydrogen) atoms. The first-order valence-corrected chi connectivity index (χ1v) is 6.88. The van der Waals surface area contributed by atoms with Gasteiger partial charge in [0.2, 0.25) is 0 Å². The highest BCUT2D eigenvalue weighted by Crippen LogP contribution is 2.46. The number of rotatable bonds is 2. The summed E-state index contributed by atoms with van der Waals surface area (Å²) < 4.78 is 0. The van der Waals surface area contributed by atoms with Crippen LogP contribution in [0.15, 0.2) is 12.4 Å². The van der Waals surface area contributed by atoms with Gasteiger partial charge in [0, 0.05) is 6.04 Å². The quantitative estimate of drug-likeness (QED) is 0.875. The third kappa shape index (κ3) is 3.58. The van der Waals surface area contributed by atoms with Crippen LogP contribution in [0.2, 0.25) is 5.15 Å². The maximum absolute atomic E-state index is 5.86. The van der Waals surface area contributed by atoms with Crippen LogP contribution in [0.1, 0.15) is 47.0 Å². The lowest BCUT2D eigenvalue weighted by Crippen LogP contribution is -2.40. The molecule has 1 aliphatic rings. The molecule has 1 aromatic rings. The molecule has 0 saturated heterocycles. The van der Waals surface area contributed by atoms with Gasteiger partial charge in [-0.25, -0.2) is 4.98 Å². The van der Waals surface area contributed by atoms with Crippen LogP contribution in [0.4, 0.5) is 5.82 Å². The lowest BCUT2D eigenvalue weighted by molar-refractivity contribution is 0.105. The normalized spacial score (nSPS) is 22.7. The first-order valence-electron chi connectivity index (χ1n) is 6.50. The predicted octanol–water partition coefficient (Wildman–Crippen LogP) is 4.15. The minimum atomic E-state index is 0.366. The van der Waals surface area contributed by atoms with Crippen LogP contribution in [0.25, 0.3) is 0 Å². The second-order valence-corrected chi connectivity index (χ2v) is 7.37. The summed E-state index contributed by atoms with van der Waals surface area (Å²) in [4.78, 5) is 8.32. The molecule has 2 rings (SSSR count). The zero-order valence-corrected chi connectivity index (χ0v) is 12.4. The lowest BCUT2D eigenvalue weighted by atomic mass is 9.63. The van der Waals surface area contributed by atoms with Crippen molar-refractivity contribution < 1.29 is 0 Å². The summed E-state index contributed by atoms with van der Waals surface area (Å²) in [7, 11) is 0. The largest absolute Gasteiger partial charge is 0.366 e. The molecule has 1 fully saturated rings. The molecule has 3 nitrogen and oxygen atoms in total. The summed E-state index contributed by atoms with van der Waals surface area (Å²) in [6.45, 7) is 9.36. The van der Waals surface area contributed by atoms with Crippen molar-refractivity contribution in [3.63, 3.8) is 0 Å². The first-order chi connectivity index (χ1) is 8.26. The standard InChI is InChI=1S/C14H22ClN3/c1-13(2)5-10(6-14(3,4)9-13)17-12-8-16-7-11(15)18-12/h7-8,10H,5-6,9H2,1-4H3,(H,17,18). The van der Waals surface area contributed by atoms with Gasteiger partial charge in [-0.15, -0.1) is 0 Å². The molecule has 1 aromatic heterocycles. The number of hydrogen-bond donors (Lipinski definition) is 1. The van der Waals surface area contributed by atoms with Gasteiger partial charge in [-0.3, -0.25) is 4.98 Å². The molecule has 1 heterocycles. The highest BCUT2D eigenvalue weighted by molar-refractivity contribution is 6.29. The Kier molecular flexibility index (Phi) is 3.54. The van der Waals surface area contributed by atoms with Gasteiger partial charge in [0.15, 0.2) is 0 Å². The molecule has 0 aromatic carbocycles. The second kappa shape index (κ2) is 4.69. The van der Waals surface area contributed by atoms with E-state index >= 15 is 0 Å². The van der Waals surface area contributed by atoms with E-state index < -0.39 is 0 Å². The number of anilines is 1. The van der Waals surface area contributed by atoms with Crippen LogP contribution in [0, 0.1) is 10.8 Å². The molecular formula is C14H22ClN3. The van der Waals surface area contributed by atoms with E-state index in [1.807, 2.05) is 0 Å². The molecule has 1 N–H and O–H groups in total. The van der Waals surface area contributed by atoms with Crippen LogP contribution >= 0.6 is 11.6 Å². The van der Waals surface area contributed by atoms with Crippen LogP contribution in [0.3, 0.4) is 0 Å². The predicted molar refractivity (Wildman–Crippen MR) is 75.9 cm³/mol. The summed E-state index contributed by atoms with van der Waals surface area (Å²) in [5.41, 5.74) is 0.733. The molecule has 0 atom stereocenters. The van der Waals surface area contributed by atoms with Gasteiger partial charge in [-0.2, -0.15) is 0 Å². The SMILES string of the molecule is CC1(C)CC(Nc2cncc(Cl)n2)CC(C)(C)C1. The Morgan fingerprint density at radius 1 is 1.17 bits per heavy atom. The summed E-state index contributed by atoms with van der Waals surface area (Å²) in [5, 5.41) is 3.91. The van der Waals surface area contributed by atoms with Gasteiger partial charge in [0.05, 0.1) is 12.4 Å². The Balaban J connectivity index is 2.09. The average Bonchev–Trinajstić information content (AvgIpc) is 2.11. The third-order valence-electron chi connectivity index (χ3n) is 3.51. The van der Waals surface area contributed by atoms with Crippen molar-refractivity contribution in [1.29, 1.82) is 0 Å². The second-order valence-electron chi connectivity index (χ2n) is 6.98. The zero-order chi connectivity index (χ0) is 13.4. The van der Waals surface area contributed by atoms with Crippen LogP contribution in [-0.4, -0.2) is 16.0 Å². The molecule has 0 bridgehead atoms. The Labute approximate surface area is 114 Å². The fraction of sp³-hybridized carbons (Fsp3) is 0.714. The third-order valence-corrected chi connectivity index (χ3v) is 3.69. The topological polar surface area (TPSA) is 37.8 Å². The average molecular weight is 268 g/mol. The monoisotopic (exact) mass is 267 g/mol. The number of hydrogen-bond acceptors (Lipinski definition) is 3. The van der Waals surface area contributed by atoms with Gasteiger partial charge < -0.3 is 5.32 Å². The van der Waals surface area contributed by atoms with E-state index in [0.29, 0.717) is 22.0 Å². The van der Waals surface area contributed by atoms with E-state index in [4.69, 9.17) is 11.6 Å². The maximum Gasteiger partial charge on any atom is 0.149 e. The Morgan fingerprint density at radius 3 is 2.33 bits per heavy atom. The number of nitrogens with one attached hydrogen (secondary N) is 1. The highest BCUT2D eigenvalue weighted by Gasteiger charge is 2.38. The number of halogens is 1. The van der Waals surface area contributed by atoms with Crippen molar-refractivity contribution in [2.45, 2.75) is 53.0 Å². The summed E-state index contributed by atoms with van der Waals surface area (Å²) in [6.07, 6.45) is 6.87. The molecule has 0 radical (unpaired) electrons. The maximum atomic E-state index is 5.86. The van der Waals surface area contributed by atoms with Gasteiger partial charge in [0.1, 0.15) is 11.0 Å². The molecule has 1 aliphatic carbocycles. The van der Waals surface area contributed by atoms with Crippen molar-refractivity contribution in [2.75, 3.05) is 5.32 Å². The van der Waals surface area contributed by atoms with E-state index in [0.717, 1.165) is 18.7 Å². The van der Waals surface area contributed by atoms with Crippen molar-refractivity contribution in [3.05, 3.63) is 17.5 Å². The minimum Gasteiger partial charge on any atom is -0.366 e. The van der Waals surface area contributed by atoms with E-state index in [9.17, 15) is 0 Å². The highest BCUT2D eigenvalue weighted by atomic mass is 35.5. The first kappa shape index (κ1) is 13.6. The van der Waals surface area contributed by atoms with Crippen LogP contribution < -0.4 is 5.32 Å². The van der Waals surface area contributed by atoms with Gasteiger partial charge in [-0.1, -0.05) is 39.3 Å². The Bertz CT molecular complexity index is 413. The van der Waals surface area contributed by atoms with Crippen LogP contribution in [-0.2, 0) is 0 Å². The number of aromatic nitrogens is 2. The summed E-state index contributed by atoms with van der Waals surface area (Å²) in [5.74, 6) is 0.779. The molecule has 0 aliphatic heterocycles. The molecule has 100 valence electrons. The van der Waals surface area contributed by atoms with Crippen molar-refractivity contribution in [3.8, 4) is 0 Å². The zero-order valence-electron chi connectivity index (χ0n) is 11.6. The molecule has 0 spiro atoms. The molecule has 0 unspecified atom stereocenters. The van der Waals surface area contributed by atoms with Crippen molar-refractivity contribution in [2.24, 2.45) is 10.8 Å². The molecule has 4 heteroatoms. The van der Waals surface area contributed by atoms with Gasteiger partial charge >= 0.3 is 0 Å². The molecule has 1 saturated carbocycles. The van der Waals surface area contributed by atoms with Gasteiger partial charge in [-0.05, 0) is 30.1 Å². The fourth-order valence-electron chi connectivity index (χ4n) is 3.57. The smallest absolute Gasteiger partial charge is 0.149 e. The molecule has 0 amide bonds. The van der Waals surface area contributed by atoms with E-state index in [1.165, 1.54) is 6.42 Å². The molecular weight excluding hydrogens is 246 g/mol. The Morgan fingerprint density at radius 2 is 1.78 bits per heavy atom. The van der Waals surface area contributed by atoms with E-state index in [-0.39, 0.29) is 0 Å². The number of nitrogens with zero attached hydrogens (tertiary/aromatic N) is 2. The summed E-state index contributed by atoms with van der Waals surface area (Å²) in [6, 6.07) is 0.441. The van der Waals surface area contributed by atoms with Crippen LogP contribution in [0.5, 0.6) is 0 Å². The summed E-state index contributed by atoms with van der Waals surface area (Å²) >= 11 is 5.86. The Hall–Kier alpha value is -0.830. The van der Waals surface area contributed by atoms with Crippen molar-refractivity contribution >= 4 is 17.4 Å². The lowest BCUT2D eigenvalue weighted by Gasteiger charge is -2.45. The van der Waals surface area contributed by atoms with Crippen molar-refractivity contribution in [1.82, 2.24) is 9.97 Å². The van der Waals surface area contributed by atoms with E-state index in [1.54, 1.807) is 12.4 Å². The minimum absolute atomic E-state index is 0.366. The van der Waals surface area contributed by atoms with Gasteiger partial charge in [0.25, 0.3) is 0 Å². The van der Waals surface area contributed by atoms with E-state index in [2.05, 4.69) is 43.0 Å². The fourth-order valence-corrected chi connectivity index (χ4v) is 3.72.